The van der Waals surface area contributed by atoms with E-state index in [1.807, 2.05) is 30.3 Å². The van der Waals surface area contributed by atoms with E-state index in [1.54, 1.807) is 0 Å². The van der Waals surface area contributed by atoms with Gasteiger partial charge in [-0.15, -0.1) is 0 Å². The molecule has 11 heteroatoms. The monoisotopic (exact) mass is 632 g/mol. The first-order chi connectivity index (χ1) is 20.6. The summed E-state index contributed by atoms with van der Waals surface area (Å²) in [4.78, 5) is 24.9. The van der Waals surface area contributed by atoms with Crippen LogP contribution in [0.5, 0.6) is 0 Å². The summed E-state index contributed by atoms with van der Waals surface area (Å²) < 4.78 is 2.99. The molecule has 0 bridgehead atoms. The Kier molecular flexibility index (Phi) is 8.05. The van der Waals surface area contributed by atoms with Crippen LogP contribution in [0.1, 0.15) is 25.7 Å². The van der Waals surface area contributed by atoms with Gasteiger partial charge >= 0.3 is 0 Å². The highest BCUT2D eigenvalue weighted by Gasteiger charge is 2.27. The van der Waals surface area contributed by atoms with Gasteiger partial charge in [0, 0.05) is 89.4 Å². The predicted molar refractivity (Wildman–Crippen MR) is 173 cm³/mol. The summed E-state index contributed by atoms with van der Waals surface area (Å²) in [6.07, 6.45) is 10.8. The summed E-state index contributed by atoms with van der Waals surface area (Å²) >= 11 is 3.75. The van der Waals surface area contributed by atoms with Gasteiger partial charge in [-0.3, -0.25) is 4.90 Å². The molecule has 222 valence electrons. The molecule has 2 aliphatic heterocycles. The summed E-state index contributed by atoms with van der Waals surface area (Å²) in [6, 6.07) is 9.26. The average Bonchev–Trinajstić information content (AvgIpc) is 3.57. The van der Waals surface area contributed by atoms with E-state index in [2.05, 4.69) is 80.5 Å². The highest BCUT2D eigenvalue weighted by Crippen LogP contribution is 2.34. The first kappa shape index (κ1) is 27.7. The lowest BCUT2D eigenvalue weighted by Crippen LogP contribution is -2.47. The molecule has 3 aliphatic rings. The summed E-state index contributed by atoms with van der Waals surface area (Å²) in [7, 11) is 2.01. The molecule has 0 atom stereocenters. The molecule has 3 N–H and O–H groups in total. The van der Waals surface area contributed by atoms with Gasteiger partial charge in [-0.2, -0.15) is 0 Å². The Labute approximate surface area is 256 Å². The van der Waals surface area contributed by atoms with Crippen LogP contribution in [0.25, 0.3) is 22.6 Å². The van der Waals surface area contributed by atoms with Crippen LogP contribution in [0, 0.1) is 5.92 Å². The molecule has 3 fully saturated rings. The topological polar surface area (TPSA) is 93.2 Å². The molecule has 42 heavy (non-hydrogen) atoms. The Morgan fingerprint density at radius 3 is 2.45 bits per heavy atom. The van der Waals surface area contributed by atoms with Gasteiger partial charge in [-0.05, 0) is 71.8 Å². The fourth-order valence-corrected chi connectivity index (χ4v) is 6.69. The number of nitrogens with zero attached hydrogens (tertiary/aromatic N) is 7. The fraction of sp³-hybridized carbons (Fsp3) is 0.516. The number of hydrogen-bond donors (Lipinski definition) is 3. The maximum Gasteiger partial charge on any atom is 0.180 e. The van der Waals surface area contributed by atoms with Crippen LogP contribution >= 0.6 is 15.9 Å². The van der Waals surface area contributed by atoms with E-state index in [4.69, 9.17) is 4.98 Å². The zero-order valence-corrected chi connectivity index (χ0v) is 26.0. The zero-order valence-electron chi connectivity index (χ0n) is 24.4. The summed E-state index contributed by atoms with van der Waals surface area (Å²) in [5, 5.41) is 7.29. The van der Waals surface area contributed by atoms with Crippen molar-refractivity contribution in [3.8, 4) is 11.4 Å². The Morgan fingerprint density at radius 2 is 1.74 bits per heavy atom. The number of aromatic amines is 1. The van der Waals surface area contributed by atoms with Gasteiger partial charge in [-0.25, -0.2) is 15.0 Å². The number of benzene rings is 1. The van der Waals surface area contributed by atoms with Crippen molar-refractivity contribution in [2.75, 3.05) is 74.4 Å². The molecular formula is C31H41BrN10. The van der Waals surface area contributed by atoms with Gasteiger partial charge in [0.15, 0.2) is 5.65 Å². The third-order valence-corrected chi connectivity index (χ3v) is 9.65. The van der Waals surface area contributed by atoms with Crippen molar-refractivity contribution in [1.29, 1.82) is 0 Å². The minimum Gasteiger partial charge on any atom is -0.379 e. The maximum absolute atomic E-state index is 4.87. The standard InChI is InChI=1S/C31H41BrN10/c1-39-21-33-19-27(39)34-10-13-40-14-16-42(17-15-40)25-6-4-23(5-7-25)30-37-29-28(26(32)18-35-31(29)38-30)36-24-8-11-41(12-9-24)20-22-2-3-22/h4-7,18-19,21-22,24,34H,2-3,8-17,20H2,1H3,(H2,35,36,37,38). The molecule has 1 aromatic carbocycles. The van der Waals surface area contributed by atoms with Crippen LogP contribution in [0.4, 0.5) is 17.2 Å². The molecule has 4 aromatic rings. The van der Waals surface area contributed by atoms with Crippen LogP contribution in [0.2, 0.25) is 0 Å². The molecule has 1 saturated carbocycles. The van der Waals surface area contributed by atoms with Crippen molar-refractivity contribution in [2.24, 2.45) is 13.0 Å². The number of piperidine rings is 1. The van der Waals surface area contributed by atoms with Gasteiger partial charge in [0.25, 0.3) is 0 Å². The predicted octanol–water partition coefficient (Wildman–Crippen LogP) is 4.64. The van der Waals surface area contributed by atoms with E-state index in [-0.39, 0.29) is 0 Å². The third-order valence-electron chi connectivity index (χ3n) is 9.05. The number of pyridine rings is 1. The van der Waals surface area contributed by atoms with E-state index in [9.17, 15) is 0 Å². The van der Waals surface area contributed by atoms with Crippen LogP contribution in [0.15, 0.2) is 47.5 Å². The van der Waals surface area contributed by atoms with E-state index in [0.29, 0.717) is 6.04 Å². The van der Waals surface area contributed by atoms with Gasteiger partial charge in [0.1, 0.15) is 17.2 Å². The minimum absolute atomic E-state index is 0.464. The largest absolute Gasteiger partial charge is 0.379 e. The minimum atomic E-state index is 0.464. The van der Waals surface area contributed by atoms with Crippen molar-refractivity contribution in [3.63, 3.8) is 0 Å². The molecule has 0 radical (unpaired) electrons. The molecular weight excluding hydrogens is 592 g/mol. The van der Waals surface area contributed by atoms with Gasteiger partial charge in [0.2, 0.25) is 0 Å². The molecule has 0 spiro atoms. The van der Waals surface area contributed by atoms with Crippen LogP contribution in [0.3, 0.4) is 0 Å². The lowest BCUT2D eigenvalue weighted by Gasteiger charge is -2.36. The number of anilines is 3. The second-order valence-electron chi connectivity index (χ2n) is 12.1. The number of piperazine rings is 1. The van der Waals surface area contributed by atoms with Crippen LogP contribution < -0.4 is 15.5 Å². The molecule has 5 heterocycles. The number of imidazole rings is 2. The van der Waals surface area contributed by atoms with Gasteiger partial charge in [0.05, 0.1) is 22.7 Å². The molecule has 0 unspecified atom stereocenters. The molecule has 10 nitrogen and oxygen atoms in total. The third kappa shape index (κ3) is 6.28. The van der Waals surface area contributed by atoms with E-state index < -0.39 is 0 Å². The average molecular weight is 634 g/mol. The van der Waals surface area contributed by atoms with Gasteiger partial charge < -0.3 is 30.0 Å². The van der Waals surface area contributed by atoms with Crippen molar-refractivity contribution in [3.05, 3.63) is 47.5 Å². The number of aryl methyl sites for hydroxylation is 1. The lowest BCUT2D eigenvalue weighted by molar-refractivity contribution is 0.211. The second kappa shape index (κ2) is 12.2. The van der Waals surface area contributed by atoms with Crippen molar-refractivity contribution in [1.82, 2.24) is 34.3 Å². The number of H-pyrrole nitrogens is 1. The Hall–Kier alpha value is -3.15. The number of fused-ring (bicyclic) bond motifs is 1. The molecule has 2 saturated heterocycles. The maximum atomic E-state index is 4.87. The first-order valence-electron chi connectivity index (χ1n) is 15.4. The second-order valence-corrected chi connectivity index (χ2v) is 13.0. The van der Waals surface area contributed by atoms with E-state index >= 15 is 0 Å². The van der Waals surface area contributed by atoms with Gasteiger partial charge in [-0.1, -0.05) is 0 Å². The molecule has 3 aromatic heterocycles. The number of rotatable bonds is 10. The van der Waals surface area contributed by atoms with Crippen molar-refractivity contribution >= 4 is 44.3 Å². The highest BCUT2D eigenvalue weighted by molar-refractivity contribution is 9.10. The summed E-state index contributed by atoms with van der Waals surface area (Å²) in [5.41, 5.74) is 5.13. The Balaban J connectivity index is 0.952. The summed E-state index contributed by atoms with van der Waals surface area (Å²) in [6.45, 7) is 9.79. The van der Waals surface area contributed by atoms with Crippen LogP contribution in [-0.4, -0.2) is 99.2 Å². The number of likely N-dealkylation sites (tertiary alicyclic amines) is 1. The zero-order chi connectivity index (χ0) is 28.5. The Bertz CT molecular complexity index is 1480. The summed E-state index contributed by atoms with van der Waals surface area (Å²) in [5.74, 6) is 2.88. The molecule has 1 aliphatic carbocycles. The first-order valence-corrected chi connectivity index (χ1v) is 16.2. The normalized spacial score (nSPS) is 19.0. The smallest absolute Gasteiger partial charge is 0.180 e. The number of nitrogens with one attached hydrogen (secondary N) is 3. The quantitative estimate of drug-likeness (QED) is 0.233. The molecule has 7 rings (SSSR count). The SMILES string of the molecule is Cn1cncc1NCCN1CCN(c2ccc(-c3nc4ncc(Br)c(NC5CCN(CC6CC6)CC5)c4[nH]3)cc2)CC1. The van der Waals surface area contributed by atoms with E-state index in [0.717, 1.165) is 83.7 Å². The fourth-order valence-electron chi connectivity index (χ4n) is 6.27. The number of aromatic nitrogens is 5. The van der Waals surface area contributed by atoms with Crippen molar-refractivity contribution in [2.45, 2.75) is 31.7 Å². The van der Waals surface area contributed by atoms with Crippen molar-refractivity contribution < 1.29 is 0 Å². The highest BCUT2D eigenvalue weighted by atomic mass is 79.9. The van der Waals surface area contributed by atoms with Crippen LogP contribution in [-0.2, 0) is 7.05 Å². The lowest BCUT2D eigenvalue weighted by atomic mass is 10.0. The number of hydrogen-bond acceptors (Lipinski definition) is 8. The number of halogens is 1. The van der Waals surface area contributed by atoms with E-state index in [1.165, 1.54) is 51.0 Å². The molecule has 0 amide bonds. The Morgan fingerprint density at radius 1 is 0.952 bits per heavy atom.